The normalized spacial score (nSPS) is 10.8. The van der Waals surface area contributed by atoms with Gasteiger partial charge in [-0.3, -0.25) is 9.36 Å². The van der Waals surface area contributed by atoms with Crippen LogP contribution in [-0.4, -0.2) is 22.1 Å². The Bertz CT molecular complexity index is 645. The van der Waals surface area contributed by atoms with Gasteiger partial charge < -0.3 is 4.74 Å². The molecule has 102 valence electrons. The Kier molecular flexibility index (Phi) is 4.31. The highest BCUT2D eigenvalue weighted by molar-refractivity contribution is 7.17. The quantitative estimate of drug-likeness (QED) is 0.789. The SMILES string of the molecule is CCCCn1cnc2scc(C(=O)OCC)c2c1=O. The number of carbonyl (C=O) groups is 1. The van der Waals surface area contributed by atoms with Crippen molar-refractivity contribution in [2.75, 3.05) is 6.61 Å². The zero-order valence-electron chi connectivity index (χ0n) is 11.0. The van der Waals surface area contributed by atoms with Gasteiger partial charge in [-0.2, -0.15) is 0 Å². The maximum absolute atomic E-state index is 12.3. The summed E-state index contributed by atoms with van der Waals surface area (Å²) in [4.78, 5) is 29.0. The van der Waals surface area contributed by atoms with Crippen molar-refractivity contribution < 1.29 is 9.53 Å². The molecule has 0 saturated carbocycles. The molecule has 0 spiro atoms. The maximum Gasteiger partial charge on any atom is 0.339 e. The van der Waals surface area contributed by atoms with E-state index in [1.807, 2.05) is 0 Å². The maximum atomic E-state index is 12.3. The molecular weight excluding hydrogens is 264 g/mol. The molecule has 0 aliphatic heterocycles. The number of ether oxygens (including phenoxy) is 1. The molecule has 5 nitrogen and oxygen atoms in total. The van der Waals surface area contributed by atoms with Gasteiger partial charge in [-0.05, 0) is 13.3 Å². The molecular formula is C13H16N2O3S. The lowest BCUT2D eigenvalue weighted by atomic mass is 10.2. The summed E-state index contributed by atoms with van der Waals surface area (Å²) in [5, 5.41) is 2.02. The van der Waals surface area contributed by atoms with Gasteiger partial charge in [0.25, 0.3) is 5.56 Å². The number of hydrogen-bond acceptors (Lipinski definition) is 5. The van der Waals surface area contributed by atoms with Crippen molar-refractivity contribution in [3.63, 3.8) is 0 Å². The molecule has 2 heterocycles. The molecule has 2 aromatic heterocycles. The fraction of sp³-hybridized carbons (Fsp3) is 0.462. The van der Waals surface area contributed by atoms with Crippen LogP contribution in [0.1, 0.15) is 37.0 Å². The molecule has 0 fully saturated rings. The number of unbranched alkanes of at least 4 members (excludes halogenated alkanes) is 1. The minimum atomic E-state index is -0.458. The zero-order chi connectivity index (χ0) is 13.8. The Balaban J connectivity index is 2.50. The smallest absolute Gasteiger partial charge is 0.339 e. The number of nitrogens with zero attached hydrogens (tertiary/aromatic N) is 2. The van der Waals surface area contributed by atoms with Crippen LogP contribution in [0.25, 0.3) is 10.2 Å². The molecule has 0 aromatic carbocycles. The molecule has 6 heteroatoms. The first-order valence-electron chi connectivity index (χ1n) is 6.32. The number of esters is 1. The predicted molar refractivity (Wildman–Crippen MR) is 74.7 cm³/mol. The Morgan fingerprint density at radius 1 is 1.47 bits per heavy atom. The van der Waals surface area contributed by atoms with Crippen LogP contribution >= 0.6 is 11.3 Å². The second kappa shape index (κ2) is 5.97. The molecule has 0 unspecified atom stereocenters. The zero-order valence-corrected chi connectivity index (χ0v) is 11.8. The third-order valence-electron chi connectivity index (χ3n) is 2.81. The van der Waals surface area contributed by atoms with Crippen molar-refractivity contribution in [2.24, 2.45) is 0 Å². The topological polar surface area (TPSA) is 61.2 Å². The second-order valence-electron chi connectivity index (χ2n) is 4.15. The summed E-state index contributed by atoms with van der Waals surface area (Å²) in [6.07, 6.45) is 3.45. The standard InChI is InChI=1S/C13H16N2O3S/c1-3-5-6-15-8-14-11-10(12(15)16)9(7-19-11)13(17)18-4-2/h7-8H,3-6H2,1-2H3. The number of aromatic nitrogens is 2. The van der Waals surface area contributed by atoms with Crippen LogP contribution in [0.4, 0.5) is 0 Å². The van der Waals surface area contributed by atoms with Gasteiger partial charge >= 0.3 is 5.97 Å². The Morgan fingerprint density at radius 2 is 2.26 bits per heavy atom. The van der Waals surface area contributed by atoms with Crippen molar-refractivity contribution in [3.8, 4) is 0 Å². The Hall–Kier alpha value is -1.69. The molecule has 0 amide bonds. The highest BCUT2D eigenvalue weighted by Crippen LogP contribution is 2.21. The van der Waals surface area contributed by atoms with Crippen LogP contribution in [-0.2, 0) is 11.3 Å². The largest absolute Gasteiger partial charge is 0.462 e. The Morgan fingerprint density at radius 3 is 2.95 bits per heavy atom. The molecule has 2 rings (SSSR count). The number of rotatable bonds is 5. The summed E-state index contributed by atoms with van der Waals surface area (Å²) in [5.74, 6) is -0.458. The van der Waals surface area contributed by atoms with E-state index in [9.17, 15) is 9.59 Å². The third kappa shape index (κ3) is 2.68. The van der Waals surface area contributed by atoms with Crippen LogP contribution in [0.5, 0.6) is 0 Å². The van der Waals surface area contributed by atoms with Crippen molar-refractivity contribution >= 4 is 27.5 Å². The monoisotopic (exact) mass is 280 g/mol. The number of carbonyl (C=O) groups excluding carboxylic acids is 1. The van der Waals surface area contributed by atoms with Gasteiger partial charge in [0.05, 0.1) is 23.9 Å². The fourth-order valence-corrected chi connectivity index (χ4v) is 2.68. The molecule has 0 radical (unpaired) electrons. The van der Waals surface area contributed by atoms with Crippen molar-refractivity contribution in [1.29, 1.82) is 0 Å². The van der Waals surface area contributed by atoms with Crippen LogP contribution in [0.15, 0.2) is 16.5 Å². The van der Waals surface area contributed by atoms with E-state index in [0.717, 1.165) is 12.8 Å². The van der Waals surface area contributed by atoms with E-state index in [-0.39, 0.29) is 5.56 Å². The Labute approximate surface area is 114 Å². The van der Waals surface area contributed by atoms with E-state index in [2.05, 4.69) is 11.9 Å². The molecule has 2 aromatic rings. The van der Waals surface area contributed by atoms with Crippen molar-refractivity contribution in [2.45, 2.75) is 33.2 Å². The highest BCUT2D eigenvalue weighted by atomic mass is 32.1. The third-order valence-corrected chi connectivity index (χ3v) is 3.69. The van der Waals surface area contributed by atoms with E-state index in [4.69, 9.17) is 4.74 Å². The van der Waals surface area contributed by atoms with Crippen LogP contribution < -0.4 is 5.56 Å². The van der Waals surface area contributed by atoms with Gasteiger partial charge in [0, 0.05) is 11.9 Å². The van der Waals surface area contributed by atoms with E-state index in [1.165, 1.54) is 11.3 Å². The summed E-state index contributed by atoms with van der Waals surface area (Å²) in [7, 11) is 0. The van der Waals surface area contributed by atoms with Crippen LogP contribution in [0.2, 0.25) is 0 Å². The van der Waals surface area contributed by atoms with E-state index < -0.39 is 5.97 Å². The number of aryl methyl sites for hydroxylation is 1. The number of thiophene rings is 1. The van der Waals surface area contributed by atoms with Crippen molar-refractivity contribution in [3.05, 3.63) is 27.6 Å². The summed E-state index contributed by atoms with van der Waals surface area (Å²) >= 11 is 1.29. The first kappa shape index (κ1) is 13.7. The minimum Gasteiger partial charge on any atom is -0.462 e. The van der Waals surface area contributed by atoms with E-state index in [0.29, 0.717) is 28.9 Å². The summed E-state index contributed by atoms with van der Waals surface area (Å²) < 4.78 is 6.52. The number of fused-ring (bicyclic) bond motifs is 1. The lowest BCUT2D eigenvalue weighted by Gasteiger charge is -2.04. The van der Waals surface area contributed by atoms with Crippen LogP contribution in [0, 0.1) is 0 Å². The second-order valence-corrected chi connectivity index (χ2v) is 5.00. The van der Waals surface area contributed by atoms with E-state index >= 15 is 0 Å². The highest BCUT2D eigenvalue weighted by Gasteiger charge is 2.18. The predicted octanol–water partition coefficient (Wildman–Crippen LogP) is 2.43. The molecule has 0 atom stereocenters. The summed E-state index contributed by atoms with van der Waals surface area (Å²) in [5.41, 5.74) is 0.160. The fourth-order valence-electron chi connectivity index (χ4n) is 1.81. The lowest BCUT2D eigenvalue weighted by molar-refractivity contribution is 0.0529. The van der Waals surface area contributed by atoms with Gasteiger partial charge in [0.2, 0.25) is 0 Å². The van der Waals surface area contributed by atoms with Gasteiger partial charge in [0.15, 0.2) is 0 Å². The molecule has 19 heavy (non-hydrogen) atoms. The average Bonchev–Trinajstić information content (AvgIpc) is 2.83. The molecule has 0 N–H and O–H groups in total. The molecule has 0 aliphatic rings. The summed E-state index contributed by atoms with van der Waals surface area (Å²) in [6, 6.07) is 0. The van der Waals surface area contributed by atoms with Gasteiger partial charge in [-0.25, -0.2) is 9.78 Å². The van der Waals surface area contributed by atoms with Gasteiger partial charge in [-0.15, -0.1) is 11.3 Å². The first-order valence-corrected chi connectivity index (χ1v) is 7.20. The first-order chi connectivity index (χ1) is 9.19. The van der Waals surface area contributed by atoms with E-state index in [1.54, 1.807) is 23.2 Å². The molecule has 0 bridgehead atoms. The minimum absolute atomic E-state index is 0.164. The van der Waals surface area contributed by atoms with Crippen LogP contribution in [0.3, 0.4) is 0 Å². The average molecular weight is 280 g/mol. The van der Waals surface area contributed by atoms with Crippen molar-refractivity contribution in [1.82, 2.24) is 9.55 Å². The van der Waals surface area contributed by atoms with Gasteiger partial charge in [-0.1, -0.05) is 13.3 Å². The number of hydrogen-bond donors (Lipinski definition) is 0. The molecule has 0 saturated heterocycles. The summed E-state index contributed by atoms with van der Waals surface area (Å²) in [6.45, 7) is 4.71. The lowest BCUT2D eigenvalue weighted by Crippen LogP contribution is -2.21. The molecule has 0 aliphatic carbocycles. The van der Waals surface area contributed by atoms with Gasteiger partial charge in [0.1, 0.15) is 4.83 Å².